The van der Waals surface area contributed by atoms with Crippen LogP contribution in [0.25, 0.3) is 0 Å². The van der Waals surface area contributed by atoms with Gasteiger partial charge in [0.15, 0.2) is 0 Å². The third kappa shape index (κ3) is 3.38. The second-order valence-corrected chi connectivity index (χ2v) is 8.16. The number of anilines is 1. The number of aromatic amines is 1. The number of nitrogen functional groups attached to an aromatic ring is 1. The molecule has 1 spiro atoms. The molecule has 2 aromatic rings. The van der Waals surface area contributed by atoms with Crippen LogP contribution in [0.3, 0.4) is 0 Å². The number of piperidine rings is 1. The molecule has 4 heterocycles. The number of nitrogens with zero attached hydrogens (tertiary/aromatic N) is 2. The predicted octanol–water partition coefficient (Wildman–Crippen LogP) is 0.480. The van der Waals surface area contributed by atoms with Crippen LogP contribution in [-0.4, -0.2) is 64.9 Å². The van der Waals surface area contributed by atoms with E-state index in [1.807, 2.05) is 6.07 Å². The number of hydrogen-bond donors (Lipinski definition) is 4. The first-order chi connectivity index (χ1) is 13.5. The van der Waals surface area contributed by atoms with Gasteiger partial charge in [-0.3, -0.25) is 14.7 Å². The molecule has 2 amide bonds. The number of hydrogen-bond acceptors (Lipinski definition) is 7. The van der Waals surface area contributed by atoms with Gasteiger partial charge in [-0.2, -0.15) is 5.10 Å². The van der Waals surface area contributed by atoms with Gasteiger partial charge < -0.3 is 25.8 Å². The Kier molecular flexibility index (Phi) is 5.09. The Bertz CT molecular complexity index is 884. The highest BCUT2D eigenvalue weighted by Crippen LogP contribution is 2.44. The fourth-order valence-electron chi connectivity index (χ4n) is 3.89. The van der Waals surface area contributed by atoms with E-state index in [2.05, 4.69) is 15.5 Å². The van der Waals surface area contributed by atoms with Crippen LogP contribution >= 0.6 is 11.3 Å². The molecule has 9 nitrogen and oxygen atoms in total. The molecule has 28 heavy (non-hydrogen) atoms. The largest absolute Gasteiger partial charge is 0.395 e. The summed E-state index contributed by atoms with van der Waals surface area (Å²) in [6.45, 7) is 1.86. The number of likely N-dealkylation sites (tertiary alicyclic amines) is 1. The van der Waals surface area contributed by atoms with Crippen molar-refractivity contribution >= 4 is 29.0 Å². The maximum atomic E-state index is 12.6. The van der Waals surface area contributed by atoms with Crippen molar-refractivity contribution in [1.82, 2.24) is 20.4 Å². The molecule has 10 heteroatoms. The lowest BCUT2D eigenvalue weighted by atomic mass is 9.82. The molecule has 150 valence electrons. The topological polar surface area (TPSA) is 134 Å². The summed E-state index contributed by atoms with van der Waals surface area (Å²) in [5.74, 6) is -0.000109. The van der Waals surface area contributed by atoms with Gasteiger partial charge in [-0.25, -0.2) is 0 Å². The van der Waals surface area contributed by atoms with Crippen LogP contribution in [0.4, 0.5) is 5.82 Å². The van der Waals surface area contributed by atoms with Crippen molar-refractivity contribution in [3.8, 4) is 0 Å². The molecule has 0 aromatic carbocycles. The van der Waals surface area contributed by atoms with Crippen molar-refractivity contribution in [1.29, 1.82) is 0 Å². The monoisotopic (exact) mass is 405 g/mol. The van der Waals surface area contributed by atoms with Gasteiger partial charge in [0.2, 0.25) is 0 Å². The van der Waals surface area contributed by atoms with Crippen molar-refractivity contribution in [2.45, 2.75) is 24.9 Å². The fraction of sp³-hybridized carbons (Fsp3) is 0.500. The molecular formula is C18H23N5O4S. The third-order valence-electron chi connectivity index (χ3n) is 5.31. The maximum absolute atomic E-state index is 12.6. The van der Waals surface area contributed by atoms with E-state index in [-0.39, 0.29) is 25.0 Å². The van der Waals surface area contributed by atoms with Crippen molar-refractivity contribution in [3.05, 3.63) is 33.1 Å². The molecular weight excluding hydrogens is 382 g/mol. The fourth-order valence-corrected chi connectivity index (χ4v) is 5.03. The van der Waals surface area contributed by atoms with Crippen molar-refractivity contribution < 1.29 is 19.4 Å². The number of thiophene rings is 1. The van der Waals surface area contributed by atoms with Crippen LogP contribution < -0.4 is 11.1 Å². The standard InChI is InChI=1S/C18H23N5O4S/c19-15-10-12(21-22-15)17(26)23-5-2-18(3-6-23)11-9-14(16(25)20-4-7-24)28-13(11)1-8-27-18/h9-10,24H,1-8H2,(H,20,25)(H3,19,21,22). The van der Waals surface area contributed by atoms with Gasteiger partial charge in [-0.15, -0.1) is 11.3 Å². The number of aliphatic hydroxyl groups excluding tert-OH is 1. The third-order valence-corrected chi connectivity index (χ3v) is 6.51. The van der Waals surface area contributed by atoms with Gasteiger partial charge in [0.1, 0.15) is 11.5 Å². The summed E-state index contributed by atoms with van der Waals surface area (Å²) in [6, 6.07) is 3.46. The number of ether oxygens (including phenoxy) is 1. The van der Waals surface area contributed by atoms with Gasteiger partial charge >= 0.3 is 0 Å². The molecule has 0 bridgehead atoms. The Hall–Kier alpha value is -2.43. The number of nitrogens with one attached hydrogen (secondary N) is 2. The first kappa shape index (κ1) is 18.9. The second kappa shape index (κ2) is 7.53. The van der Waals surface area contributed by atoms with Gasteiger partial charge in [0.05, 0.1) is 23.7 Å². The van der Waals surface area contributed by atoms with E-state index in [0.717, 1.165) is 12.0 Å². The Morgan fingerprint density at radius 3 is 2.86 bits per heavy atom. The minimum absolute atomic E-state index is 0.0876. The molecule has 2 aliphatic rings. The van der Waals surface area contributed by atoms with E-state index < -0.39 is 5.60 Å². The van der Waals surface area contributed by atoms with E-state index in [1.54, 1.807) is 4.90 Å². The van der Waals surface area contributed by atoms with E-state index in [4.69, 9.17) is 15.6 Å². The number of fused-ring (bicyclic) bond motifs is 2. The highest BCUT2D eigenvalue weighted by Gasteiger charge is 2.43. The Morgan fingerprint density at radius 2 is 2.18 bits per heavy atom. The normalized spacial score (nSPS) is 18.1. The first-order valence-corrected chi connectivity index (χ1v) is 10.1. The molecule has 0 radical (unpaired) electrons. The van der Waals surface area contributed by atoms with Crippen LogP contribution in [0.5, 0.6) is 0 Å². The average molecular weight is 405 g/mol. The number of rotatable bonds is 4. The predicted molar refractivity (Wildman–Crippen MR) is 103 cm³/mol. The van der Waals surface area contributed by atoms with E-state index in [1.165, 1.54) is 22.3 Å². The van der Waals surface area contributed by atoms with Gasteiger partial charge in [0, 0.05) is 37.0 Å². The number of aromatic nitrogens is 2. The molecule has 0 unspecified atom stereocenters. The molecule has 1 saturated heterocycles. The zero-order valence-corrected chi connectivity index (χ0v) is 16.2. The van der Waals surface area contributed by atoms with Gasteiger partial charge in [0.25, 0.3) is 11.8 Å². The van der Waals surface area contributed by atoms with E-state index in [9.17, 15) is 9.59 Å². The zero-order valence-electron chi connectivity index (χ0n) is 15.4. The molecule has 5 N–H and O–H groups in total. The lowest BCUT2D eigenvalue weighted by Gasteiger charge is -2.43. The van der Waals surface area contributed by atoms with Crippen LogP contribution in [0.15, 0.2) is 12.1 Å². The van der Waals surface area contributed by atoms with Crippen molar-refractivity contribution in [3.63, 3.8) is 0 Å². The Balaban J connectivity index is 1.49. The molecule has 0 atom stereocenters. The number of aliphatic hydroxyl groups is 1. The summed E-state index contributed by atoms with van der Waals surface area (Å²) in [5.41, 5.74) is 6.59. The van der Waals surface area contributed by atoms with Crippen molar-refractivity contribution in [2.75, 3.05) is 38.6 Å². The second-order valence-electron chi connectivity index (χ2n) is 7.02. The van der Waals surface area contributed by atoms with Gasteiger partial charge in [-0.05, 0) is 24.5 Å². The maximum Gasteiger partial charge on any atom is 0.271 e. The Morgan fingerprint density at radius 1 is 1.39 bits per heavy atom. The minimum atomic E-state index is -0.455. The van der Waals surface area contributed by atoms with Crippen molar-refractivity contribution in [2.24, 2.45) is 0 Å². The minimum Gasteiger partial charge on any atom is -0.395 e. The lowest BCUT2D eigenvalue weighted by Crippen LogP contribution is -2.48. The summed E-state index contributed by atoms with van der Waals surface area (Å²) in [5, 5.41) is 18.1. The summed E-state index contributed by atoms with van der Waals surface area (Å²) in [4.78, 5) is 28.5. The number of carbonyl (C=O) groups is 2. The summed E-state index contributed by atoms with van der Waals surface area (Å²) in [6.07, 6.45) is 2.12. The van der Waals surface area contributed by atoms with Crippen LogP contribution in [-0.2, 0) is 16.8 Å². The number of carbonyl (C=O) groups excluding carboxylic acids is 2. The van der Waals surface area contributed by atoms with E-state index in [0.29, 0.717) is 48.9 Å². The molecule has 2 aliphatic heterocycles. The molecule has 4 rings (SSSR count). The first-order valence-electron chi connectivity index (χ1n) is 9.29. The highest BCUT2D eigenvalue weighted by atomic mass is 32.1. The van der Waals surface area contributed by atoms with Gasteiger partial charge in [-0.1, -0.05) is 0 Å². The molecule has 2 aromatic heterocycles. The van der Waals surface area contributed by atoms with Crippen LogP contribution in [0.2, 0.25) is 0 Å². The molecule has 1 fully saturated rings. The summed E-state index contributed by atoms with van der Waals surface area (Å²) >= 11 is 1.49. The van der Waals surface area contributed by atoms with E-state index >= 15 is 0 Å². The average Bonchev–Trinajstić information content (AvgIpc) is 3.34. The highest BCUT2D eigenvalue weighted by molar-refractivity contribution is 7.14. The lowest BCUT2D eigenvalue weighted by molar-refractivity contribution is -0.0926. The Labute approximate surface area is 165 Å². The quantitative estimate of drug-likeness (QED) is 0.585. The zero-order chi connectivity index (χ0) is 19.7. The van der Waals surface area contributed by atoms with Crippen LogP contribution in [0, 0.1) is 0 Å². The number of H-pyrrole nitrogens is 1. The number of nitrogens with two attached hydrogens (primary N) is 1. The summed E-state index contributed by atoms with van der Waals surface area (Å²) < 4.78 is 6.20. The SMILES string of the molecule is Nc1cc(C(=O)N2CCC3(CC2)OCCc2sc(C(=O)NCCO)cc23)[nH]n1. The number of amides is 2. The smallest absolute Gasteiger partial charge is 0.271 e. The summed E-state index contributed by atoms with van der Waals surface area (Å²) in [7, 11) is 0. The molecule has 0 aliphatic carbocycles. The molecule has 0 saturated carbocycles. The van der Waals surface area contributed by atoms with Crippen LogP contribution in [0.1, 0.15) is 43.4 Å².